The predicted molar refractivity (Wildman–Crippen MR) is 43.0 cm³/mol. The van der Waals surface area contributed by atoms with Crippen LogP contribution < -0.4 is 23.6 Å². The van der Waals surface area contributed by atoms with E-state index in [1.807, 2.05) is 12.3 Å². The van der Waals surface area contributed by atoms with Gasteiger partial charge in [0.2, 0.25) is 0 Å². The van der Waals surface area contributed by atoms with Gasteiger partial charge in [-0.3, -0.25) is 0 Å². The molecule has 6 nitrogen and oxygen atoms in total. The number of allylic oxidation sites excluding steroid dienone is 1. The third-order valence-corrected chi connectivity index (χ3v) is 1.65. The molecule has 7 heteroatoms. The zero-order valence-corrected chi connectivity index (χ0v) is 9.27. The Morgan fingerprint density at radius 2 is 1.80 bits per heavy atom. The minimum absolute atomic E-state index is 1.15. The van der Waals surface area contributed by atoms with E-state index in [1.54, 1.807) is 0 Å². The number of unbranched alkanes of at least 4 members (excludes halogenated alkanes) is 2. The normalized spacial score (nSPS) is 18.9. The summed E-state index contributed by atoms with van der Waals surface area (Å²) in [5, 5.41) is 5.43. The molecule has 1 heterocycles. The molecule has 0 aliphatic carbocycles. The van der Waals surface area contributed by atoms with Crippen LogP contribution in [0.1, 0.15) is 26.2 Å². The van der Waals surface area contributed by atoms with E-state index in [1.165, 1.54) is 24.3 Å². The first kappa shape index (κ1) is 14.5. The fraction of sp³-hybridized carbons (Fsp3) is 0.625. The van der Waals surface area contributed by atoms with Crippen molar-refractivity contribution in [3.05, 3.63) is 12.3 Å². The van der Waals surface area contributed by atoms with Gasteiger partial charge in [0, 0.05) is 6.08 Å². The molecule has 1 aliphatic rings. The monoisotopic (exact) mass is 238 g/mol. The van der Waals surface area contributed by atoms with E-state index in [0.29, 0.717) is 0 Å². The molecule has 0 radical (unpaired) electrons. The fourth-order valence-electron chi connectivity index (χ4n) is 1.04. The summed E-state index contributed by atoms with van der Waals surface area (Å²) in [5.41, 5.74) is 0. The van der Waals surface area contributed by atoms with Gasteiger partial charge in [0.15, 0.2) is 0 Å². The Bertz CT molecular complexity index is 197. The zero-order valence-electron chi connectivity index (χ0n) is 8.52. The smallest absolute Gasteiger partial charge is 0.122 e. The first-order valence-electron chi connectivity index (χ1n) is 4.62. The van der Waals surface area contributed by atoms with Gasteiger partial charge in [0.25, 0.3) is 0 Å². The molecule has 0 saturated carbocycles. The molecule has 0 aromatic carbocycles. The Morgan fingerprint density at radius 3 is 2.20 bits per heavy atom. The van der Waals surface area contributed by atoms with Gasteiger partial charge < -0.3 is 0 Å². The molecule has 1 N–H and O–H groups in total. The van der Waals surface area contributed by atoms with E-state index in [2.05, 4.69) is 18.2 Å². The predicted octanol–water partition coefficient (Wildman–Crippen LogP) is -4.18. The fourth-order valence-corrected chi connectivity index (χ4v) is 1.04. The second kappa shape index (κ2) is 7.75. The molecule has 1 rings (SSSR count). The standard InChI is InChI=1S/C8H14N2.ClHO4/c1-2-3-4-7-10-8-5-6-9-10;2-1(3,4)5/h5-6,8H,2-4,7H2,1H3;(H,2,3,4,5). The van der Waals surface area contributed by atoms with Crippen molar-refractivity contribution in [1.82, 2.24) is 0 Å². The molecule has 1 aliphatic heterocycles. The van der Waals surface area contributed by atoms with Gasteiger partial charge in [-0.15, -0.1) is 10.2 Å². The summed E-state index contributed by atoms with van der Waals surface area (Å²) in [5.74, 6) is 0. The number of halogens is 1. The van der Waals surface area contributed by atoms with Crippen molar-refractivity contribution in [2.45, 2.75) is 26.2 Å². The highest BCUT2D eigenvalue weighted by atomic mass is 35.7. The van der Waals surface area contributed by atoms with E-state index < -0.39 is 10.2 Å². The second-order valence-corrected chi connectivity index (χ2v) is 3.72. The summed E-state index contributed by atoms with van der Waals surface area (Å²) < 4.78 is 34.0. The lowest BCUT2D eigenvalue weighted by Gasteiger charge is -2.17. The Hall–Kier alpha value is -0.500. The molecular formula is C8H15ClN2O4. The van der Waals surface area contributed by atoms with Gasteiger partial charge in [-0.2, -0.15) is 5.01 Å². The minimum atomic E-state index is -4.94. The van der Waals surface area contributed by atoms with Crippen LogP contribution in [0.3, 0.4) is 0 Å². The highest BCUT2D eigenvalue weighted by Crippen LogP contribution is 1.89. The van der Waals surface area contributed by atoms with Gasteiger partial charge in [0.1, 0.15) is 12.7 Å². The van der Waals surface area contributed by atoms with E-state index in [4.69, 9.17) is 18.6 Å². The van der Waals surface area contributed by atoms with Crippen LogP contribution in [0, 0.1) is 10.2 Å². The summed E-state index contributed by atoms with van der Waals surface area (Å²) in [6, 6.07) is 0. The molecule has 15 heavy (non-hydrogen) atoms. The number of quaternary nitrogens is 1. The Balaban J connectivity index is 0.000000336. The Labute approximate surface area is 90.9 Å². The summed E-state index contributed by atoms with van der Waals surface area (Å²) in [4.78, 5) is 0. The Kier molecular flexibility index (Phi) is 7.49. The van der Waals surface area contributed by atoms with Gasteiger partial charge in [-0.1, -0.05) is 18.4 Å². The van der Waals surface area contributed by atoms with E-state index in [-0.39, 0.29) is 0 Å². The SMILES string of the molecule is CCCCC[NH+]1C=CC=N1.[O-][Cl+3]([O-])([O-])[O-]. The lowest BCUT2D eigenvalue weighted by molar-refractivity contribution is -2.00. The lowest BCUT2D eigenvalue weighted by Crippen LogP contribution is -3.01. The van der Waals surface area contributed by atoms with Gasteiger partial charge in [-0.05, 0) is 12.8 Å². The van der Waals surface area contributed by atoms with Crippen molar-refractivity contribution in [3.63, 3.8) is 0 Å². The van der Waals surface area contributed by atoms with Gasteiger partial charge in [0.05, 0.1) is 6.21 Å². The number of hydrogen-bond donors (Lipinski definition) is 1. The molecule has 0 fully saturated rings. The van der Waals surface area contributed by atoms with Crippen LogP contribution in [0.25, 0.3) is 0 Å². The van der Waals surface area contributed by atoms with Crippen LogP contribution in [-0.4, -0.2) is 12.8 Å². The van der Waals surface area contributed by atoms with Crippen molar-refractivity contribution in [2.75, 3.05) is 6.54 Å². The summed E-state index contributed by atoms with van der Waals surface area (Å²) in [6.45, 7) is 3.37. The van der Waals surface area contributed by atoms with Crippen LogP contribution in [0.2, 0.25) is 0 Å². The minimum Gasteiger partial charge on any atom is -0.222 e. The summed E-state index contributed by atoms with van der Waals surface area (Å²) >= 11 is 0. The third kappa shape index (κ3) is 13.5. The first-order valence-corrected chi connectivity index (χ1v) is 5.85. The number of nitrogens with zero attached hydrogens (tertiary/aromatic N) is 1. The quantitative estimate of drug-likeness (QED) is 0.501. The van der Waals surface area contributed by atoms with Crippen LogP contribution in [0.15, 0.2) is 17.4 Å². The maximum Gasteiger partial charge on any atom is 0.122 e. The Morgan fingerprint density at radius 1 is 1.20 bits per heavy atom. The van der Waals surface area contributed by atoms with Crippen molar-refractivity contribution < 1.29 is 33.9 Å². The van der Waals surface area contributed by atoms with Crippen LogP contribution in [0.4, 0.5) is 0 Å². The van der Waals surface area contributed by atoms with Crippen LogP contribution in [-0.2, 0) is 0 Å². The topological polar surface area (TPSA) is 109 Å². The molecule has 0 amide bonds. The molecule has 1 atom stereocenters. The number of rotatable bonds is 4. The van der Waals surface area contributed by atoms with E-state index in [9.17, 15) is 0 Å². The molecule has 0 aromatic rings. The zero-order chi connectivity index (χ0) is 11.7. The maximum atomic E-state index is 8.49. The molecule has 0 aromatic heterocycles. The van der Waals surface area contributed by atoms with E-state index >= 15 is 0 Å². The molecule has 0 spiro atoms. The van der Waals surface area contributed by atoms with Crippen molar-refractivity contribution >= 4 is 6.21 Å². The average molecular weight is 239 g/mol. The summed E-state index contributed by atoms with van der Waals surface area (Å²) in [6.07, 6.45) is 9.86. The maximum absolute atomic E-state index is 8.49. The molecular weight excluding hydrogens is 224 g/mol. The highest BCUT2D eigenvalue weighted by molar-refractivity contribution is 5.70. The van der Waals surface area contributed by atoms with Crippen molar-refractivity contribution in [2.24, 2.45) is 5.10 Å². The average Bonchev–Trinajstić information content (AvgIpc) is 2.54. The largest absolute Gasteiger partial charge is 0.222 e. The second-order valence-electron chi connectivity index (χ2n) is 2.96. The number of nitrogens with one attached hydrogen (secondary N) is 1. The summed E-state index contributed by atoms with van der Waals surface area (Å²) in [7, 11) is -4.94. The van der Waals surface area contributed by atoms with Crippen molar-refractivity contribution in [3.8, 4) is 0 Å². The van der Waals surface area contributed by atoms with Crippen molar-refractivity contribution in [1.29, 1.82) is 0 Å². The molecule has 0 bridgehead atoms. The number of hydrogen-bond acceptors (Lipinski definition) is 5. The van der Waals surface area contributed by atoms with Crippen LogP contribution >= 0.6 is 0 Å². The first-order chi connectivity index (χ1) is 6.93. The van der Waals surface area contributed by atoms with Gasteiger partial charge in [-0.25, -0.2) is 18.6 Å². The third-order valence-electron chi connectivity index (χ3n) is 1.65. The van der Waals surface area contributed by atoms with E-state index in [0.717, 1.165) is 6.54 Å². The molecule has 1 unspecified atom stereocenters. The molecule has 0 saturated heterocycles. The lowest BCUT2D eigenvalue weighted by atomic mass is 10.2. The van der Waals surface area contributed by atoms with Gasteiger partial charge >= 0.3 is 0 Å². The highest BCUT2D eigenvalue weighted by Gasteiger charge is 2.03. The molecule has 88 valence electrons. The van der Waals surface area contributed by atoms with Crippen LogP contribution in [0.5, 0.6) is 0 Å².